The summed E-state index contributed by atoms with van der Waals surface area (Å²) in [4.78, 5) is 14.2. The summed E-state index contributed by atoms with van der Waals surface area (Å²) in [5.74, 6) is 0.0251. The highest BCUT2D eigenvalue weighted by Gasteiger charge is 2.12. The lowest BCUT2D eigenvalue weighted by Crippen LogP contribution is -2.36. The Morgan fingerprint density at radius 2 is 1.77 bits per heavy atom. The van der Waals surface area contributed by atoms with Gasteiger partial charge in [-0.2, -0.15) is 0 Å². The Kier molecular flexibility index (Phi) is 5.21. The zero-order chi connectivity index (χ0) is 16.1. The highest BCUT2D eigenvalue weighted by molar-refractivity contribution is 5.81. The van der Waals surface area contributed by atoms with E-state index in [2.05, 4.69) is 37.4 Å². The van der Waals surface area contributed by atoms with Crippen molar-refractivity contribution in [2.24, 2.45) is 0 Å². The van der Waals surface area contributed by atoms with E-state index in [4.69, 9.17) is 0 Å². The molecule has 1 N–H and O–H groups in total. The molecule has 0 aliphatic carbocycles. The molecule has 1 unspecified atom stereocenters. The molecule has 0 aliphatic rings. The van der Waals surface area contributed by atoms with Crippen LogP contribution in [0.15, 0.2) is 48.5 Å². The van der Waals surface area contributed by atoms with Gasteiger partial charge >= 0.3 is 0 Å². The highest BCUT2D eigenvalue weighted by Crippen LogP contribution is 2.17. The molecule has 116 valence electrons. The monoisotopic (exact) mass is 296 g/mol. The zero-order valence-corrected chi connectivity index (χ0v) is 13.8. The minimum atomic E-state index is 0.0102. The first kappa shape index (κ1) is 16.1. The van der Waals surface area contributed by atoms with E-state index in [1.54, 1.807) is 0 Å². The number of hydrogen-bond donors (Lipinski definition) is 1. The number of aryl methyl sites for hydroxylation is 2. The molecule has 0 heterocycles. The molecule has 0 bridgehead atoms. The van der Waals surface area contributed by atoms with Crippen LogP contribution in [0.3, 0.4) is 0 Å². The first-order valence-corrected chi connectivity index (χ1v) is 7.60. The van der Waals surface area contributed by atoms with Crippen molar-refractivity contribution < 1.29 is 4.79 Å². The van der Waals surface area contributed by atoms with E-state index in [-0.39, 0.29) is 11.9 Å². The number of amides is 1. The van der Waals surface area contributed by atoms with Crippen LogP contribution in [-0.4, -0.2) is 19.5 Å². The molecule has 2 aromatic rings. The lowest BCUT2D eigenvalue weighted by Gasteiger charge is -2.21. The number of hydrogen-bond acceptors (Lipinski definition) is 2. The van der Waals surface area contributed by atoms with E-state index in [0.717, 1.165) is 11.3 Å². The normalized spacial score (nSPS) is 11.8. The minimum Gasteiger partial charge on any atom is -0.365 e. The first-order chi connectivity index (χ1) is 10.5. The van der Waals surface area contributed by atoms with Crippen molar-refractivity contribution in [3.63, 3.8) is 0 Å². The van der Waals surface area contributed by atoms with Gasteiger partial charge in [-0.05, 0) is 49.6 Å². The Morgan fingerprint density at radius 1 is 1.09 bits per heavy atom. The molecule has 0 saturated carbocycles. The van der Waals surface area contributed by atoms with Crippen LogP contribution >= 0.6 is 0 Å². The van der Waals surface area contributed by atoms with Crippen molar-refractivity contribution in [3.05, 3.63) is 65.2 Å². The topological polar surface area (TPSA) is 32.3 Å². The van der Waals surface area contributed by atoms with Crippen LogP contribution in [-0.2, 0) is 4.79 Å². The van der Waals surface area contributed by atoms with Gasteiger partial charge in [0.05, 0.1) is 12.6 Å². The molecule has 3 heteroatoms. The van der Waals surface area contributed by atoms with Gasteiger partial charge in [0, 0.05) is 12.7 Å². The quantitative estimate of drug-likeness (QED) is 0.914. The number of anilines is 1. The molecule has 0 saturated heterocycles. The van der Waals surface area contributed by atoms with Crippen LogP contribution < -0.4 is 10.2 Å². The molecule has 0 aliphatic heterocycles. The van der Waals surface area contributed by atoms with E-state index in [1.807, 2.05) is 49.2 Å². The summed E-state index contributed by atoms with van der Waals surface area (Å²) in [6.07, 6.45) is 0. The summed E-state index contributed by atoms with van der Waals surface area (Å²) in [6.45, 7) is 6.55. The Bertz CT molecular complexity index is 637. The molecule has 0 aromatic heterocycles. The molecule has 3 nitrogen and oxygen atoms in total. The number of carbonyl (C=O) groups is 1. The maximum absolute atomic E-state index is 12.2. The van der Waals surface area contributed by atoms with Gasteiger partial charge in [0.1, 0.15) is 0 Å². The fourth-order valence-corrected chi connectivity index (χ4v) is 2.39. The number of nitrogens with zero attached hydrogens (tertiary/aromatic N) is 1. The maximum Gasteiger partial charge on any atom is 0.239 e. The van der Waals surface area contributed by atoms with Gasteiger partial charge in [-0.3, -0.25) is 4.79 Å². The summed E-state index contributed by atoms with van der Waals surface area (Å²) in [6, 6.07) is 16.2. The molecule has 2 rings (SSSR count). The van der Waals surface area contributed by atoms with Gasteiger partial charge in [0.25, 0.3) is 0 Å². The van der Waals surface area contributed by atoms with Gasteiger partial charge in [-0.15, -0.1) is 0 Å². The van der Waals surface area contributed by atoms with Crippen LogP contribution in [0.4, 0.5) is 5.69 Å². The predicted molar refractivity (Wildman–Crippen MR) is 92.2 cm³/mol. The molecular formula is C19H24N2O. The van der Waals surface area contributed by atoms with E-state index in [1.165, 1.54) is 11.1 Å². The summed E-state index contributed by atoms with van der Waals surface area (Å²) < 4.78 is 0. The Labute approximate surface area is 133 Å². The number of likely N-dealkylation sites (N-methyl/N-ethyl adjacent to an activating group) is 1. The zero-order valence-electron chi connectivity index (χ0n) is 13.8. The number of carbonyl (C=O) groups excluding carboxylic acids is 1. The summed E-state index contributed by atoms with van der Waals surface area (Å²) >= 11 is 0. The van der Waals surface area contributed by atoms with Crippen molar-refractivity contribution in [1.82, 2.24) is 5.32 Å². The Balaban J connectivity index is 1.95. The molecule has 1 amide bonds. The van der Waals surface area contributed by atoms with E-state index in [0.29, 0.717) is 6.54 Å². The second kappa shape index (κ2) is 7.12. The molecule has 0 radical (unpaired) electrons. The number of benzene rings is 2. The molecule has 1 atom stereocenters. The summed E-state index contributed by atoms with van der Waals surface area (Å²) in [5.41, 5.74) is 4.70. The Hall–Kier alpha value is -2.29. The van der Waals surface area contributed by atoms with Crippen LogP contribution in [0.1, 0.15) is 29.7 Å². The second-order valence-corrected chi connectivity index (χ2v) is 5.82. The van der Waals surface area contributed by atoms with Crippen LogP contribution in [0.5, 0.6) is 0 Å². The van der Waals surface area contributed by atoms with Gasteiger partial charge < -0.3 is 10.2 Å². The van der Waals surface area contributed by atoms with Gasteiger partial charge in [-0.25, -0.2) is 0 Å². The molecule has 0 spiro atoms. The van der Waals surface area contributed by atoms with Crippen molar-refractivity contribution in [1.29, 1.82) is 0 Å². The highest BCUT2D eigenvalue weighted by atomic mass is 16.2. The third kappa shape index (κ3) is 4.10. The minimum absolute atomic E-state index is 0.0102. The molecule has 0 fully saturated rings. The van der Waals surface area contributed by atoms with Crippen LogP contribution in [0.2, 0.25) is 0 Å². The maximum atomic E-state index is 12.2. The average molecular weight is 296 g/mol. The largest absolute Gasteiger partial charge is 0.365 e. The van der Waals surface area contributed by atoms with Crippen molar-refractivity contribution in [2.45, 2.75) is 26.8 Å². The van der Waals surface area contributed by atoms with E-state index >= 15 is 0 Å². The number of nitrogens with one attached hydrogen (secondary N) is 1. The van der Waals surface area contributed by atoms with Crippen molar-refractivity contribution >= 4 is 11.6 Å². The fourth-order valence-electron chi connectivity index (χ4n) is 2.39. The summed E-state index contributed by atoms with van der Waals surface area (Å²) in [7, 11) is 1.93. The van der Waals surface area contributed by atoms with Gasteiger partial charge in [0.2, 0.25) is 5.91 Å². The molecular weight excluding hydrogens is 272 g/mol. The standard InChI is InChI=1S/C19H24N2O/c1-14-10-11-17(12-15(14)2)16(3)20-19(22)13-21(4)18-8-6-5-7-9-18/h5-12,16H,13H2,1-4H3,(H,20,22). The lowest BCUT2D eigenvalue weighted by atomic mass is 10.0. The SMILES string of the molecule is Cc1ccc(C(C)NC(=O)CN(C)c2ccccc2)cc1C. The molecule has 2 aromatic carbocycles. The third-order valence-electron chi connectivity index (χ3n) is 3.99. The van der Waals surface area contributed by atoms with Crippen LogP contribution in [0, 0.1) is 13.8 Å². The van der Waals surface area contributed by atoms with Gasteiger partial charge in [0.15, 0.2) is 0 Å². The Morgan fingerprint density at radius 3 is 2.41 bits per heavy atom. The number of rotatable bonds is 5. The van der Waals surface area contributed by atoms with E-state index in [9.17, 15) is 4.79 Å². The fraction of sp³-hybridized carbons (Fsp3) is 0.316. The molecule has 22 heavy (non-hydrogen) atoms. The second-order valence-electron chi connectivity index (χ2n) is 5.82. The van der Waals surface area contributed by atoms with Crippen LogP contribution in [0.25, 0.3) is 0 Å². The number of para-hydroxylation sites is 1. The van der Waals surface area contributed by atoms with Crippen molar-refractivity contribution in [2.75, 3.05) is 18.5 Å². The predicted octanol–water partition coefficient (Wildman–Crippen LogP) is 3.62. The van der Waals surface area contributed by atoms with E-state index < -0.39 is 0 Å². The van der Waals surface area contributed by atoms with Gasteiger partial charge in [-0.1, -0.05) is 36.4 Å². The summed E-state index contributed by atoms with van der Waals surface area (Å²) in [5, 5.41) is 3.06. The van der Waals surface area contributed by atoms with Crippen molar-refractivity contribution in [3.8, 4) is 0 Å². The average Bonchev–Trinajstić information content (AvgIpc) is 2.50. The third-order valence-corrected chi connectivity index (χ3v) is 3.99. The first-order valence-electron chi connectivity index (χ1n) is 7.60. The lowest BCUT2D eigenvalue weighted by molar-refractivity contribution is -0.120. The smallest absolute Gasteiger partial charge is 0.239 e.